The van der Waals surface area contributed by atoms with Crippen LogP contribution in [0.1, 0.15) is 78.0 Å². The first kappa shape index (κ1) is 22.0. The van der Waals surface area contributed by atoms with Gasteiger partial charge in [0.05, 0.1) is 0 Å². The molecule has 0 spiro atoms. The Morgan fingerprint density at radius 1 is 1.08 bits per heavy atom. The highest BCUT2D eigenvalue weighted by Gasteiger charge is 2.27. The molecule has 0 atom stereocenters. The van der Waals surface area contributed by atoms with Crippen LogP contribution >= 0.6 is 11.3 Å². The molecule has 1 aromatic rings. The predicted octanol–water partition coefficient (Wildman–Crippen LogP) is 5.22. The minimum atomic E-state index is -0.473. The van der Waals surface area contributed by atoms with E-state index in [4.69, 9.17) is 4.74 Å². The van der Waals surface area contributed by atoms with Gasteiger partial charge in [-0.3, -0.25) is 0 Å². The predicted molar refractivity (Wildman–Crippen MR) is 107 cm³/mol. The maximum Gasteiger partial charge on any atom is 0.407 e. The second kappa shape index (κ2) is 8.54. The number of thiophene rings is 1. The van der Waals surface area contributed by atoms with Gasteiger partial charge in [0.15, 0.2) is 0 Å². The van der Waals surface area contributed by atoms with Crippen molar-refractivity contribution in [2.45, 2.75) is 91.3 Å². The van der Waals surface area contributed by atoms with Gasteiger partial charge in [-0.25, -0.2) is 4.79 Å². The second-order valence-electron chi connectivity index (χ2n) is 8.71. The molecule has 0 fully saturated rings. The fraction of sp³-hybridized carbons (Fsp3) is 0.750. The Balaban J connectivity index is 2.66. The molecule has 1 heterocycles. The summed E-state index contributed by atoms with van der Waals surface area (Å²) in [5, 5.41) is 6.60. The number of rotatable bonds is 7. The van der Waals surface area contributed by atoms with Crippen molar-refractivity contribution in [1.29, 1.82) is 0 Å². The first-order chi connectivity index (χ1) is 11.4. The normalized spacial score (nSPS) is 13.0. The Morgan fingerprint density at radius 3 is 2.12 bits per heavy atom. The third-order valence-corrected chi connectivity index (χ3v) is 5.87. The quantitative estimate of drug-likeness (QED) is 0.694. The molecule has 1 rings (SSSR count). The van der Waals surface area contributed by atoms with E-state index in [0.717, 1.165) is 19.4 Å². The van der Waals surface area contributed by atoms with Crippen molar-refractivity contribution in [2.24, 2.45) is 0 Å². The number of hydrogen-bond donors (Lipinski definition) is 2. The van der Waals surface area contributed by atoms with E-state index in [1.165, 1.54) is 9.75 Å². The summed E-state index contributed by atoms with van der Waals surface area (Å²) in [7, 11) is 0. The first-order valence-corrected chi connectivity index (χ1v) is 10.0. The van der Waals surface area contributed by atoms with Crippen LogP contribution in [0.25, 0.3) is 0 Å². The molecule has 5 heteroatoms. The Morgan fingerprint density at radius 2 is 1.68 bits per heavy atom. The van der Waals surface area contributed by atoms with Gasteiger partial charge in [0.2, 0.25) is 0 Å². The number of ether oxygens (including phenoxy) is 1. The van der Waals surface area contributed by atoms with Crippen molar-refractivity contribution in [3.63, 3.8) is 0 Å². The molecule has 0 radical (unpaired) electrons. The summed E-state index contributed by atoms with van der Waals surface area (Å²) >= 11 is 1.86. The largest absolute Gasteiger partial charge is 0.444 e. The maximum atomic E-state index is 12.0. The van der Waals surface area contributed by atoms with E-state index in [9.17, 15) is 4.79 Å². The van der Waals surface area contributed by atoms with Crippen LogP contribution in [0.15, 0.2) is 12.1 Å². The summed E-state index contributed by atoms with van der Waals surface area (Å²) in [5.74, 6) is 0. The van der Waals surface area contributed by atoms with E-state index < -0.39 is 5.60 Å². The number of alkyl carbamates (subject to hydrolysis) is 1. The Hall–Kier alpha value is -1.07. The molecule has 0 saturated heterocycles. The molecule has 0 unspecified atom stereocenters. The summed E-state index contributed by atoms with van der Waals surface area (Å²) in [6.07, 6.45) is 1.53. The lowest BCUT2D eigenvalue weighted by Gasteiger charge is -2.33. The van der Waals surface area contributed by atoms with Crippen LogP contribution in [0, 0.1) is 0 Å². The molecule has 0 saturated carbocycles. The van der Waals surface area contributed by atoms with Crippen LogP contribution in [0.5, 0.6) is 0 Å². The molecule has 0 aromatic carbocycles. The summed E-state index contributed by atoms with van der Waals surface area (Å²) < 4.78 is 5.35. The molecule has 0 aliphatic heterocycles. The minimum absolute atomic E-state index is 0.122. The lowest BCUT2D eigenvalue weighted by atomic mass is 9.92. The highest BCUT2D eigenvalue weighted by molar-refractivity contribution is 7.12. The molecule has 2 N–H and O–H groups in total. The van der Waals surface area contributed by atoms with Crippen molar-refractivity contribution in [1.82, 2.24) is 10.6 Å². The third kappa shape index (κ3) is 7.37. The van der Waals surface area contributed by atoms with E-state index in [1.54, 1.807) is 0 Å². The van der Waals surface area contributed by atoms with E-state index in [-0.39, 0.29) is 17.0 Å². The lowest BCUT2D eigenvalue weighted by molar-refractivity contribution is 0.0507. The topological polar surface area (TPSA) is 50.4 Å². The summed E-state index contributed by atoms with van der Waals surface area (Å²) in [6.45, 7) is 18.0. The molecule has 0 bridgehead atoms. The van der Waals surface area contributed by atoms with Crippen molar-refractivity contribution in [2.75, 3.05) is 6.54 Å². The van der Waals surface area contributed by atoms with E-state index in [0.29, 0.717) is 6.54 Å². The number of hydrogen-bond acceptors (Lipinski definition) is 4. The maximum absolute atomic E-state index is 12.0. The van der Waals surface area contributed by atoms with Crippen LogP contribution < -0.4 is 10.6 Å². The van der Waals surface area contributed by atoms with Gasteiger partial charge in [0.25, 0.3) is 0 Å². The average molecular weight is 369 g/mol. The lowest BCUT2D eigenvalue weighted by Crippen LogP contribution is -2.53. The molecule has 25 heavy (non-hydrogen) atoms. The standard InChI is InChI=1S/C20H36N2O2S/c1-9-20(10-2,14-21-17(23)24-19(6,7)8)22-13-15-11-12-16(25-15)18(3,4)5/h11-12,22H,9-10,13-14H2,1-8H3,(H,21,23). The number of carbonyl (C=O) groups is 1. The number of nitrogens with one attached hydrogen (secondary N) is 2. The van der Waals surface area contributed by atoms with Gasteiger partial charge in [-0.15, -0.1) is 11.3 Å². The van der Waals surface area contributed by atoms with Gasteiger partial charge in [-0.2, -0.15) is 0 Å². The zero-order chi connectivity index (χ0) is 19.3. The van der Waals surface area contributed by atoms with E-state index in [1.807, 2.05) is 32.1 Å². The van der Waals surface area contributed by atoms with Gasteiger partial charge >= 0.3 is 6.09 Å². The Labute approximate surface area is 157 Å². The summed E-state index contributed by atoms with van der Waals surface area (Å²) in [5.41, 5.74) is -0.407. The zero-order valence-corrected chi connectivity index (χ0v) is 18.0. The minimum Gasteiger partial charge on any atom is -0.444 e. The SMILES string of the molecule is CCC(CC)(CNC(=O)OC(C)(C)C)NCc1ccc(C(C)(C)C)s1. The van der Waals surface area contributed by atoms with Crippen molar-refractivity contribution in [3.05, 3.63) is 21.9 Å². The molecule has 1 amide bonds. The highest BCUT2D eigenvalue weighted by Crippen LogP contribution is 2.29. The van der Waals surface area contributed by atoms with Crippen LogP contribution in [0.2, 0.25) is 0 Å². The third-order valence-electron chi connectivity index (χ3n) is 4.36. The molecule has 0 aliphatic carbocycles. The van der Waals surface area contributed by atoms with Crippen LogP contribution in [-0.4, -0.2) is 23.8 Å². The number of amides is 1. The molecule has 0 aliphatic rings. The smallest absolute Gasteiger partial charge is 0.407 e. The summed E-state index contributed by atoms with van der Waals surface area (Å²) in [6, 6.07) is 4.43. The fourth-order valence-electron chi connectivity index (χ4n) is 2.52. The summed E-state index contributed by atoms with van der Waals surface area (Å²) in [4.78, 5) is 14.7. The monoisotopic (exact) mass is 368 g/mol. The molecule has 144 valence electrons. The van der Waals surface area contributed by atoms with Gasteiger partial charge in [0.1, 0.15) is 5.60 Å². The fourth-order valence-corrected chi connectivity index (χ4v) is 3.52. The first-order valence-electron chi connectivity index (χ1n) is 9.22. The molecule has 1 aromatic heterocycles. The van der Waals surface area contributed by atoms with Gasteiger partial charge < -0.3 is 15.4 Å². The van der Waals surface area contributed by atoms with Crippen LogP contribution in [0.4, 0.5) is 4.79 Å². The Kier molecular flexibility index (Phi) is 7.51. The van der Waals surface area contributed by atoms with Gasteiger partial charge in [-0.05, 0) is 51.2 Å². The number of carbonyl (C=O) groups excluding carboxylic acids is 1. The second-order valence-corrected chi connectivity index (χ2v) is 9.88. The van der Waals surface area contributed by atoms with Crippen LogP contribution in [-0.2, 0) is 16.7 Å². The average Bonchev–Trinajstić information content (AvgIpc) is 2.95. The highest BCUT2D eigenvalue weighted by atomic mass is 32.1. The van der Waals surface area contributed by atoms with E-state index >= 15 is 0 Å². The van der Waals surface area contributed by atoms with Crippen LogP contribution in [0.3, 0.4) is 0 Å². The van der Waals surface area contributed by atoms with E-state index in [2.05, 4.69) is 57.4 Å². The molecular formula is C20H36N2O2S. The van der Waals surface area contributed by atoms with Gasteiger partial charge in [-0.1, -0.05) is 34.6 Å². The van der Waals surface area contributed by atoms with Crippen molar-refractivity contribution < 1.29 is 9.53 Å². The van der Waals surface area contributed by atoms with Crippen molar-refractivity contribution >= 4 is 17.4 Å². The van der Waals surface area contributed by atoms with Crippen molar-refractivity contribution in [3.8, 4) is 0 Å². The van der Waals surface area contributed by atoms with Gasteiger partial charge in [0, 0.05) is 28.4 Å². The molecule has 4 nitrogen and oxygen atoms in total. The Bertz CT molecular complexity index is 549. The molecular weight excluding hydrogens is 332 g/mol. The zero-order valence-electron chi connectivity index (χ0n) is 17.2.